The van der Waals surface area contributed by atoms with Crippen LogP contribution in [-0.2, 0) is 0 Å². The molecule has 3 heteroatoms. The Morgan fingerprint density at radius 2 is 1.87 bits per heavy atom. The van der Waals surface area contributed by atoms with Gasteiger partial charge in [0, 0.05) is 0 Å². The van der Waals surface area contributed by atoms with Gasteiger partial charge in [0.15, 0.2) is 0 Å². The minimum Gasteiger partial charge on any atom is -0.316 e. The number of hydrogen-bond acceptors (Lipinski definition) is 1. The predicted octanol–water partition coefficient (Wildman–Crippen LogP) is 2.57. The van der Waals surface area contributed by atoms with Gasteiger partial charge < -0.3 is 5.32 Å². The van der Waals surface area contributed by atoms with E-state index in [1.165, 1.54) is 18.5 Å². The van der Waals surface area contributed by atoms with Crippen molar-refractivity contribution in [2.24, 2.45) is 11.8 Å². The molecule has 1 heterocycles. The molecule has 0 spiro atoms. The van der Waals surface area contributed by atoms with E-state index in [2.05, 4.69) is 5.32 Å². The van der Waals surface area contributed by atoms with Crippen molar-refractivity contribution in [2.45, 2.75) is 12.3 Å². The first-order valence-electron chi connectivity index (χ1n) is 5.31. The molecule has 2 fully saturated rings. The molecule has 1 aromatic rings. The summed E-state index contributed by atoms with van der Waals surface area (Å²) in [5.41, 5.74) is 1.32. The van der Waals surface area contributed by atoms with Crippen molar-refractivity contribution in [3.63, 3.8) is 0 Å². The van der Waals surface area contributed by atoms with E-state index in [4.69, 9.17) is 0 Å². The topological polar surface area (TPSA) is 12.0 Å². The lowest BCUT2D eigenvalue weighted by Crippen LogP contribution is -2.33. The lowest BCUT2D eigenvalue weighted by atomic mass is 9.64. The van der Waals surface area contributed by atoms with Crippen molar-refractivity contribution in [1.82, 2.24) is 5.32 Å². The molecule has 1 saturated carbocycles. The molecule has 0 amide bonds. The normalized spacial score (nSPS) is 32.7. The Morgan fingerprint density at radius 1 is 1.13 bits per heavy atom. The van der Waals surface area contributed by atoms with Gasteiger partial charge in [-0.2, -0.15) is 0 Å². The second kappa shape index (κ2) is 4.11. The van der Waals surface area contributed by atoms with Crippen LogP contribution in [0.4, 0.5) is 4.39 Å². The monoisotopic (exact) mass is 227 g/mol. The van der Waals surface area contributed by atoms with Crippen molar-refractivity contribution in [2.75, 3.05) is 13.1 Å². The molecule has 1 N–H and O–H groups in total. The lowest BCUT2D eigenvalue weighted by Gasteiger charge is -2.40. The van der Waals surface area contributed by atoms with Crippen LogP contribution in [0.2, 0.25) is 0 Å². The zero-order chi connectivity index (χ0) is 9.54. The molecule has 2 aliphatic rings. The standard InChI is InChI=1S/C12H14FN.ClH/c13-10-3-1-8(2-4-10)11-5-9-6-14-7-12(9)11;/h1-4,9,11-12,14H,5-7H2;1H/t9-,11-,12+;/m0./s1. The third-order valence-electron chi connectivity index (χ3n) is 3.76. The fourth-order valence-electron chi connectivity index (χ4n) is 2.88. The van der Waals surface area contributed by atoms with Gasteiger partial charge in [-0.3, -0.25) is 0 Å². The molecule has 0 aromatic heterocycles. The van der Waals surface area contributed by atoms with Crippen molar-refractivity contribution in [3.05, 3.63) is 35.6 Å². The molecule has 0 unspecified atom stereocenters. The van der Waals surface area contributed by atoms with Crippen molar-refractivity contribution in [3.8, 4) is 0 Å². The summed E-state index contributed by atoms with van der Waals surface area (Å²) in [5, 5.41) is 3.42. The minimum absolute atomic E-state index is 0. The van der Waals surface area contributed by atoms with E-state index in [9.17, 15) is 4.39 Å². The summed E-state index contributed by atoms with van der Waals surface area (Å²) in [6.07, 6.45) is 1.28. The van der Waals surface area contributed by atoms with Gasteiger partial charge in [0.1, 0.15) is 5.82 Å². The zero-order valence-electron chi connectivity index (χ0n) is 8.45. The van der Waals surface area contributed by atoms with Crippen LogP contribution in [-0.4, -0.2) is 13.1 Å². The molecule has 1 aliphatic heterocycles. The van der Waals surface area contributed by atoms with Gasteiger partial charge in [-0.25, -0.2) is 4.39 Å². The molecular weight excluding hydrogens is 213 g/mol. The van der Waals surface area contributed by atoms with E-state index >= 15 is 0 Å². The van der Waals surface area contributed by atoms with Crippen molar-refractivity contribution >= 4 is 12.4 Å². The van der Waals surface area contributed by atoms with Crippen LogP contribution in [0.1, 0.15) is 17.9 Å². The van der Waals surface area contributed by atoms with Gasteiger partial charge in [0.2, 0.25) is 0 Å². The zero-order valence-corrected chi connectivity index (χ0v) is 9.27. The van der Waals surface area contributed by atoms with Crippen LogP contribution < -0.4 is 5.32 Å². The fraction of sp³-hybridized carbons (Fsp3) is 0.500. The minimum atomic E-state index is -0.130. The highest BCUT2D eigenvalue weighted by Crippen LogP contribution is 2.48. The number of hydrogen-bond donors (Lipinski definition) is 1. The maximum absolute atomic E-state index is 12.7. The largest absolute Gasteiger partial charge is 0.316 e. The van der Waals surface area contributed by atoms with Crippen LogP contribution in [0.5, 0.6) is 0 Å². The third kappa shape index (κ3) is 1.77. The summed E-state index contributed by atoms with van der Waals surface area (Å²) < 4.78 is 12.7. The van der Waals surface area contributed by atoms with E-state index in [1.54, 1.807) is 12.1 Å². The van der Waals surface area contributed by atoms with Crippen LogP contribution in [0, 0.1) is 17.7 Å². The van der Waals surface area contributed by atoms with Crippen LogP contribution in [0.25, 0.3) is 0 Å². The predicted molar refractivity (Wildman–Crippen MR) is 60.9 cm³/mol. The lowest BCUT2D eigenvalue weighted by molar-refractivity contribution is 0.191. The molecule has 0 radical (unpaired) electrons. The van der Waals surface area contributed by atoms with Crippen LogP contribution in [0.15, 0.2) is 24.3 Å². The van der Waals surface area contributed by atoms with E-state index < -0.39 is 0 Å². The highest BCUT2D eigenvalue weighted by molar-refractivity contribution is 5.85. The maximum Gasteiger partial charge on any atom is 0.123 e. The molecule has 3 rings (SSSR count). The van der Waals surface area contributed by atoms with Gasteiger partial charge in [-0.1, -0.05) is 12.1 Å². The van der Waals surface area contributed by atoms with E-state index in [1.807, 2.05) is 12.1 Å². The highest BCUT2D eigenvalue weighted by atomic mass is 35.5. The second-order valence-corrected chi connectivity index (χ2v) is 4.48. The number of halogens is 2. The Balaban J connectivity index is 0.000000853. The number of nitrogens with one attached hydrogen (secondary N) is 1. The number of rotatable bonds is 1. The quantitative estimate of drug-likeness (QED) is 0.778. The Labute approximate surface area is 95.5 Å². The molecule has 0 bridgehead atoms. The summed E-state index contributed by atoms with van der Waals surface area (Å²) in [6.45, 7) is 2.33. The maximum atomic E-state index is 12.7. The molecule has 1 saturated heterocycles. The first kappa shape index (κ1) is 10.9. The molecule has 1 nitrogen and oxygen atoms in total. The molecule has 1 aromatic carbocycles. The summed E-state index contributed by atoms with van der Waals surface area (Å²) in [4.78, 5) is 0. The molecule has 1 aliphatic carbocycles. The first-order valence-corrected chi connectivity index (χ1v) is 5.31. The highest BCUT2D eigenvalue weighted by Gasteiger charge is 2.44. The average molecular weight is 228 g/mol. The summed E-state index contributed by atoms with van der Waals surface area (Å²) >= 11 is 0. The van der Waals surface area contributed by atoms with Gasteiger partial charge >= 0.3 is 0 Å². The summed E-state index contributed by atoms with van der Waals surface area (Å²) in [6, 6.07) is 7.03. The summed E-state index contributed by atoms with van der Waals surface area (Å²) in [5.74, 6) is 2.23. The second-order valence-electron chi connectivity index (χ2n) is 4.48. The van der Waals surface area contributed by atoms with Gasteiger partial charge in [-0.05, 0) is 55.0 Å². The third-order valence-corrected chi connectivity index (χ3v) is 3.76. The first-order chi connectivity index (χ1) is 6.84. The fourth-order valence-corrected chi connectivity index (χ4v) is 2.88. The molecule has 3 atom stereocenters. The van der Waals surface area contributed by atoms with Crippen molar-refractivity contribution < 1.29 is 4.39 Å². The molecule has 15 heavy (non-hydrogen) atoms. The van der Waals surface area contributed by atoms with E-state index in [0.717, 1.165) is 18.4 Å². The van der Waals surface area contributed by atoms with Gasteiger partial charge in [-0.15, -0.1) is 12.4 Å². The summed E-state index contributed by atoms with van der Waals surface area (Å²) in [7, 11) is 0. The van der Waals surface area contributed by atoms with E-state index in [0.29, 0.717) is 5.92 Å². The molecule has 82 valence electrons. The van der Waals surface area contributed by atoms with E-state index in [-0.39, 0.29) is 18.2 Å². The Hall–Kier alpha value is -0.600. The van der Waals surface area contributed by atoms with Gasteiger partial charge in [0.25, 0.3) is 0 Å². The smallest absolute Gasteiger partial charge is 0.123 e. The Morgan fingerprint density at radius 3 is 2.53 bits per heavy atom. The number of fused-ring (bicyclic) bond motifs is 1. The van der Waals surface area contributed by atoms with Crippen molar-refractivity contribution in [1.29, 1.82) is 0 Å². The Bertz CT molecular complexity index is 338. The SMILES string of the molecule is Cl.Fc1ccc([C@@H]2C[C@H]3CNC[C@H]32)cc1. The Kier molecular flexibility index (Phi) is 2.98. The van der Waals surface area contributed by atoms with Crippen LogP contribution >= 0.6 is 12.4 Å². The molecular formula is C12H15ClFN. The van der Waals surface area contributed by atoms with Gasteiger partial charge in [0.05, 0.1) is 0 Å². The average Bonchev–Trinajstić information content (AvgIpc) is 2.52. The number of benzene rings is 1. The van der Waals surface area contributed by atoms with Crippen LogP contribution in [0.3, 0.4) is 0 Å².